The van der Waals surface area contributed by atoms with Crippen molar-refractivity contribution in [3.05, 3.63) is 32.9 Å². The van der Waals surface area contributed by atoms with Crippen LogP contribution in [-0.4, -0.2) is 22.3 Å². The van der Waals surface area contributed by atoms with Crippen molar-refractivity contribution in [2.24, 2.45) is 5.92 Å². The van der Waals surface area contributed by atoms with Gasteiger partial charge >= 0.3 is 11.8 Å². The fourth-order valence-corrected chi connectivity index (χ4v) is 0.891. The van der Waals surface area contributed by atoms with E-state index in [1.54, 1.807) is 4.98 Å². The van der Waals surface area contributed by atoms with Crippen molar-refractivity contribution in [3.8, 4) is 0 Å². The Morgan fingerprint density at radius 3 is 2.75 bits per heavy atom. The van der Waals surface area contributed by atoms with Gasteiger partial charge in [0.15, 0.2) is 0 Å². The molecule has 1 heterocycles. The van der Waals surface area contributed by atoms with Crippen LogP contribution in [0.2, 0.25) is 0 Å². The first kappa shape index (κ1) is 12.2. The largest absolute Gasteiger partial charge is 0.449 e. The molecule has 0 saturated carbocycles. The molecule has 7 heteroatoms. The van der Waals surface area contributed by atoms with Gasteiger partial charge < -0.3 is 4.74 Å². The van der Waals surface area contributed by atoms with E-state index in [0.717, 1.165) is 0 Å². The van der Waals surface area contributed by atoms with Crippen molar-refractivity contribution in [2.75, 3.05) is 6.61 Å². The number of H-pyrrole nitrogens is 1. The van der Waals surface area contributed by atoms with E-state index >= 15 is 0 Å². The Kier molecular flexibility index (Phi) is 3.60. The van der Waals surface area contributed by atoms with Gasteiger partial charge in [0.1, 0.15) is 0 Å². The maximum absolute atomic E-state index is 12.8. The molecule has 1 rings (SSSR count). The van der Waals surface area contributed by atoms with E-state index in [1.807, 2.05) is 13.8 Å². The quantitative estimate of drug-likeness (QED) is 0.793. The number of carbonyl (C=O) groups excluding carboxylic acids is 1. The highest BCUT2D eigenvalue weighted by Crippen LogP contribution is 1.95. The smallest absolute Gasteiger partial charge is 0.422 e. The Morgan fingerprint density at radius 2 is 2.19 bits per heavy atom. The fraction of sp³-hybridized carbons (Fsp3) is 0.444. The molecule has 0 amide bonds. The Hall–Kier alpha value is -1.92. The van der Waals surface area contributed by atoms with Gasteiger partial charge in [-0.05, 0) is 5.92 Å². The fourth-order valence-electron chi connectivity index (χ4n) is 0.891. The SMILES string of the molecule is CC(C)COC(=O)n1cc(F)c(=O)[nH]c1=O. The molecule has 0 aromatic carbocycles. The second-order valence-electron chi connectivity index (χ2n) is 3.58. The van der Waals surface area contributed by atoms with Gasteiger partial charge in [0, 0.05) is 0 Å². The highest BCUT2D eigenvalue weighted by atomic mass is 19.1. The summed E-state index contributed by atoms with van der Waals surface area (Å²) in [5.74, 6) is -1.13. The molecule has 6 nitrogen and oxygen atoms in total. The molecule has 0 atom stereocenters. The van der Waals surface area contributed by atoms with E-state index in [9.17, 15) is 18.8 Å². The van der Waals surface area contributed by atoms with Crippen molar-refractivity contribution in [2.45, 2.75) is 13.8 Å². The summed E-state index contributed by atoms with van der Waals surface area (Å²) in [7, 11) is 0. The Bertz CT molecular complexity index is 503. The molecular formula is C9H11FN2O4. The summed E-state index contributed by atoms with van der Waals surface area (Å²) in [5.41, 5.74) is -2.20. The lowest BCUT2D eigenvalue weighted by Gasteiger charge is -2.07. The Labute approximate surface area is 89.7 Å². The number of carbonyl (C=O) groups is 1. The number of hydrogen-bond acceptors (Lipinski definition) is 4. The Balaban J connectivity index is 2.96. The average Bonchev–Trinajstić information content (AvgIpc) is 2.20. The number of ether oxygens (including phenoxy) is 1. The molecule has 1 aromatic heterocycles. The topological polar surface area (TPSA) is 81.2 Å². The number of nitrogens with zero attached hydrogens (tertiary/aromatic N) is 1. The molecule has 1 aromatic rings. The number of rotatable bonds is 2. The second kappa shape index (κ2) is 4.73. The van der Waals surface area contributed by atoms with Gasteiger partial charge in [0.05, 0.1) is 12.8 Å². The summed E-state index contributed by atoms with van der Waals surface area (Å²) >= 11 is 0. The second-order valence-corrected chi connectivity index (χ2v) is 3.58. The molecule has 0 unspecified atom stereocenters. The zero-order valence-electron chi connectivity index (χ0n) is 8.82. The van der Waals surface area contributed by atoms with Crippen LogP contribution in [0.25, 0.3) is 0 Å². The van der Waals surface area contributed by atoms with Crippen molar-refractivity contribution >= 4 is 6.09 Å². The third kappa shape index (κ3) is 2.78. The number of aromatic amines is 1. The molecule has 0 aliphatic carbocycles. The maximum Gasteiger partial charge on any atom is 0.422 e. The lowest BCUT2D eigenvalue weighted by Crippen LogP contribution is -2.36. The van der Waals surface area contributed by atoms with E-state index < -0.39 is 23.2 Å². The van der Waals surface area contributed by atoms with E-state index in [4.69, 9.17) is 4.74 Å². The summed E-state index contributed by atoms with van der Waals surface area (Å²) in [5, 5.41) is 0. The number of nitrogens with one attached hydrogen (secondary N) is 1. The average molecular weight is 230 g/mol. The number of aromatic nitrogens is 2. The predicted octanol–water partition coefficient (Wildman–Crippen LogP) is 0.316. The minimum atomic E-state index is -1.22. The molecule has 0 aliphatic heterocycles. The first-order valence-electron chi connectivity index (χ1n) is 4.60. The summed E-state index contributed by atoms with van der Waals surface area (Å²) in [6.07, 6.45) is -0.516. The van der Waals surface area contributed by atoms with E-state index in [1.165, 1.54) is 0 Å². The van der Waals surface area contributed by atoms with Crippen LogP contribution in [0.5, 0.6) is 0 Å². The third-order valence-electron chi connectivity index (χ3n) is 1.64. The van der Waals surface area contributed by atoms with Gasteiger partial charge in [-0.1, -0.05) is 13.8 Å². The van der Waals surface area contributed by atoms with Crippen LogP contribution in [0.1, 0.15) is 13.8 Å². The molecule has 1 N–H and O–H groups in total. The minimum Gasteiger partial charge on any atom is -0.449 e. The van der Waals surface area contributed by atoms with Crippen LogP contribution in [0.15, 0.2) is 15.8 Å². The molecular weight excluding hydrogens is 219 g/mol. The highest BCUT2D eigenvalue weighted by molar-refractivity contribution is 5.69. The van der Waals surface area contributed by atoms with Crippen molar-refractivity contribution < 1.29 is 13.9 Å². The van der Waals surface area contributed by atoms with Crippen molar-refractivity contribution in [1.82, 2.24) is 9.55 Å². The standard InChI is InChI=1S/C9H11FN2O4/c1-5(2)4-16-9(15)12-3-6(10)7(13)11-8(12)14/h3,5H,4H2,1-2H3,(H,11,13,14). The molecule has 88 valence electrons. The van der Waals surface area contributed by atoms with Crippen LogP contribution >= 0.6 is 0 Å². The van der Waals surface area contributed by atoms with Crippen LogP contribution in [0, 0.1) is 11.7 Å². The number of hydrogen-bond donors (Lipinski definition) is 1. The first-order chi connectivity index (χ1) is 7.41. The van der Waals surface area contributed by atoms with E-state index in [2.05, 4.69) is 0 Å². The molecule has 0 saturated heterocycles. The molecule has 16 heavy (non-hydrogen) atoms. The maximum atomic E-state index is 12.8. The molecule has 0 radical (unpaired) electrons. The molecule has 0 aliphatic rings. The lowest BCUT2D eigenvalue weighted by molar-refractivity contribution is 0.133. The molecule has 0 bridgehead atoms. The van der Waals surface area contributed by atoms with Gasteiger partial charge in [-0.2, -0.15) is 4.39 Å². The van der Waals surface area contributed by atoms with Gasteiger partial charge in [0.2, 0.25) is 5.82 Å². The van der Waals surface area contributed by atoms with Crippen molar-refractivity contribution in [3.63, 3.8) is 0 Å². The van der Waals surface area contributed by atoms with Crippen LogP contribution in [-0.2, 0) is 4.74 Å². The zero-order valence-corrected chi connectivity index (χ0v) is 8.82. The monoisotopic (exact) mass is 230 g/mol. The van der Waals surface area contributed by atoms with Gasteiger partial charge in [0.25, 0.3) is 5.56 Å². The summed E-state index contributed by atoms with van der Waals surface area (Å²) < 4.78 is 17.9. The molecule has 0 fully saturated rings. The summed E-state index contributed by atoms with van der Waals surface area (Å²) in [6, 6.07) is 0. The van der Waals surface area contributed by atoms with Crippen molar-refractivity contribution in [1.29, 1.82) is 0 Å². The van der Waals surface area contributed by atoms with Gasteiger partial charge in [-0.25, -0.2) is 14.2 Å². The predicted molar refractivity (Wildman–Crippen MR) is 52.9 cm³/mol. The zero-order chi connectivity index (χ0) is 12.3. The van der Waals surface area contributed by atoms with Gasteiger partial charge in [-0.3, -0.25) is 9.78 Å². The Morgan fingerprint density at radius 1 is 1.56 bits per heavy atom. The molecule has 0 spiro atoms. The van der Waals surface area contributed by atoms with E-state index in [0.29, 0.717) is 10.8 Å². The van der Waals surface area contributed by atoms with Gasteiger partial charge in [-0.15, -0.1) is 0 Å². The van der Waals surface area contributed by atoms with E-state index in [-0.39, 0.29) is 12.5 Å². The normalized spacial score (nSPS) is 10.5. The third-order valence-corrected chi connectivity index (χ3v) is 1.64. The summed E-state index contributed by atoms with van der Waals surface area (Å²) in [4.78, 5) is 34.7. The first-order valence-corrected chi connectivity index (χ1v) is 4.60. The highest BCUT2D eigenvalue weighted by Gasteiger charge is 2.12. The minimum absolute atomic E-state index is 0.0901. The van der Waals surface area contributed by atoms with Crippen LogP contribution < -0.4 is 11.2 Å². The lowest BCUT2D eigenvalue weighted by atomic mass is 10.2. The van der Waals surface area contributed by atoms with Crippen LogP contribution in [0.4, 0.5) is 9.18 Å². The summed E-state index contributed by atoms with van der Waals surface area (Å²) in [6.45, 7) is 3.72. The van der Waals surface area contributed by atoms with Crippen LogP contribution in [0.3, 0.4) is 0 Å². The number of halogens is 1.